The normalized spacial score (nSPS) is 19.1. The van der Waals surface area contributed by atoms with E-state index in [0.717, 1.165) is 0 Å². The molecule has 6 nitrogen and oxygen atoms in total. The number of rotatable bonds is 2. The molecule has 1 aromatic rings. The first kappa shape index (κ1) is 10.7. The highest BCUT2D eigenvalue weighted by atomic mass is 35.5. The maximum absolute atomic E-state index is 10.8. The molecular formula is C9H7ClN2O4. The Kier molecular flexibility index (Phi) is 2.66. The average molecular weight is 243 g/mol. The van der Waals surface area contributed by atoms with Crippen LogP contribution in [0.2, 0.25) is 5.02 Å². The summed E-state index contributed by atoms with van der Waals surface area (Å²) >= 11 is 5.74. The predicted octanol–water partition coefficient (Wildman–Crippen LogP) is 2.03. The quantitative estimate of drug-likeness (QED) is 0.635. The van der Waals surface area contributed by atoms with Crippen molar-refractivity contribution in [1.29, 1.82) is 0 Å². The smallest absolute Gasteiger partial charge is 0.407 e. The zero-order valence-corrected chi connectivity index (χ0v) is 8.73. The summed E-state index contributed by atoms with van der Waals surface area (Å²) in [7, 11) is 0. The minimum Gasteiger partial charge on any atom is -0.447 e. The van der Waals surface area contributed by atoms with Crippen LogP contribution in [0.4, 0.5) is 10.5 Å². The maximum Gasteiger partial charge on any atom is 0.407 e. The lowest BCUT2D eigenvalue weighted by atomic mass is 10.1. The molecule has 1 aliphatic rings. The van der Waals surface area contributed by atoms with Crippen LogP contribution in [0, 0.1) is 10.1 Å². The van der Waals surface area contributed by atoms with E-state index in [9.17, 15) is 14.9 Å². The third-order valence-corrected chi connectivity index (χ3v) is 2.55. The molecule has 16 heavy (non-hydrogen) atoms. The Morgan fingerprint density at radius 1 is 1.56 bits per heavy atom. The van der Waals surface area contributed by atoms with Crippen molar-refractivity contribution >= 4 is 23.4 Å². The maximum atomic E-state index is 10.8. The number of nitrogens with zero attached hydrogens (tertiary/aromatic N) is 1. The van der Waals surface area contributed by atoms with Gasteiger partial charge in [-0.2, -0.15) is 0 Å². The topological polar surface area (TPSA) is 81.5 Å². The lowest BCUT2D eigenvalue weighted by Gasteiger charge is -2.07. The zero-order chi connectivity index (χ0) is 11.7. The number of ether oxygens (including phenoxy) is 1. The Balaban J connectivity index is 2.27. The minimum atomic E-state index is -0.560. The van der Waals surface area contributed by atoms with Gasteiger partial charge >= 0.3 is 6.09 Å². The first-order chi connectivity index (χ1) is 7.58. The summed E-state index contributed by atoms with van der Waals surface area (Å²) in [6, 6.07) is 4.01. The summed E-state index contributed by atoms with van der Waals surface area (Å²) in [5.74, 6) is 0. The summed E-state index contributed by atoms with van der Waals surface area (Å²) in [6.07, 6.45) is -0.500. The summed E-state index contributed by atoms with van der Waals surface area (Å²) in [5, 5.41) is 13.1. The fraction of sp³-hybridized carbons (Fsp3) is 0.222. The molecule has 84 valence electrons. The molecule has 0 bridgehead atoms. The molecule has 0 spiro atoms. The fourth-order valence-corrected chi connectivity index (χ4v) is 1.71. The summed E-state index contributed by atoms with van der Waals surface area (Å²) in [5.41, 5.74) is 0.525. The highest BCUT2D eigenvalue weighted by molar-refractivity contribution is 6.32. The molecule has 1 unspecified atom stereocenters. The van der Waals surface area contributed by atoms with Gasteiger partial charge in [0.05, 0.1) is 11.0 Å². The van der Waals surface area contributed by atoms with Gasteiger partial charge in [-0.15, -0.1) is 0 Å². The molecule has 0 aliphatic carbocycles. The van der Waals surface area contributed by atoms with E-state index in [2.05, 4.69) is 5.32 Å². The number of amides is 1. The van der Waals surface area contributed by atoms with Crippen molar-refractivity contribution in [2.75, 3.05) is 6.61 Å². The van der Waals surface area contributed by atoms with Crippen LogP contribution in [0.5, 0.6) is 0 Å². The van der Waals surface area contributed by atoms with Gasteiger partial charge in [0, 0.05) is 6.07 Å². The van der Waals surface area contributed by atoms with Crippen molar-refractivity contribution in [2.45, 2.75) is 6.04 Å². The summed E-state index contributed by atoms with van der Waals surface area (Å²) in [4.78, 5) is 20.8. The molecule has 0 saturated carbocycles. The van der Waals surface area contributed by atoms with Crippen molar-refractivity contribution < 1.29 is 14.5 Å². The number of carbonyl (C=O) groups is 1. The number of hydrogen-bond donors (Lipinski definition) is 1. The molecule has 1 heterocycles. The molecule has 2 rings (SSSR count). The van der Waals surface area contributed by atoms with Crippen molar-refractivity contribution in [3.8, 4) is 0 Å². The monoisotopic (exact) mass is 242 g/mol. The van der Waals surface area contributed by atoms with E-state index in [1.54, 1.807) is 6.07 Å². The second kappa shape index (κ2) is 3.97. The molecule has 1 saturated heterocycles. The largest absolute Gasteiger partial charge is 0.447 e. The Morgan fingerprint density at radius 3 is 2.81 bits per heavy atom. The van der Waals surface area contributed by atoms with Gasteiger partial charge < -0.3 is 10.1 Å². The van der Waals surface area contributed by atoms with Gasteiger partial charge in [0.25, 0.3) is 5.69 Å². The van der Waals surface area contributed by atoms with E-state index in [1.807, 2.05) is 0 Å². The van der Waals surface area contributed by atoms with Crippen molar-refractivity contribution in [3.05, 3.63) is 38.9 Å². The summed E-state index contributed by atoms with van der Waals surface area (Å²) < 4.78 is 4.71. The molecule has 1 amide bonds. The number of benzene rings is 1. The van der Waals surface area contributed by atoms with Crippen LogP contribution < -0.4 is 5.32 Å². The van der Waals surface area contributed by atoms with E-state index in [1.165, 1.54) is 12.1 Å². The van der Waals surface area contributed by atoms with E-state index >= 15 is 0 Å². The Bertz CT molecular complexity index is 463. The van der Waals surface area contributed by atoms with Gasteiger partial charge in [-0.25, -0.2) is 4.79 Å². The highest BCUT2D eigenvalue weighted by Crippen LogP contribution is 2.28. The van der Waals surface area contributed by atoms with E-state index in [4.69, 9.17) is 16.3 Å². The Morgan fingerprint density at radius 2 is 2.31 bits per heavy atom. The second-order valence-electron chi connectivity index (χ2n) is 3.26. The number of nitrogens with one attached hydrogen (secondary N) is 1. The number of hydrogen-bond acceptors (Lipinski definition) is 4. The SMILES string of the molecule is O=C1NC(c2ccc([N+](=O)[O-])c(Cl)c2)CO1. The average Bonchev–Trinajstić information content (AvgIpc) is 2.64. The third kappa shape index (κ3) is 1.92. The van der Waals surface area contributed by atoms with E-state index < -0.39 is 11.0 Å². The standard InChI is InChI=1S/C9H7ClN2O4/c10-6-3-5(1-2-8(6)12(14)15)7-4-16-9(13)11-7/h1-3,7H,4H2,(H,11,13). The van der Waals surface area contributed by atoms with Crippen molar-refractivity contribution in [1.82, 2.24) is 5.32 Å². The Hall–Kier alpha value is -1.82. The van der Waals surface area contributed by atoms with Gasteiger partial charge in [0.2, 0.25) is 0 Å². The molecule has 0 radical (unpaired) electrons. The van der Waals surface area contributed by atoms with Crippen LogP contribution in [0.25, 0.3) is 0 Å². The van der Waals surface area contributed by atoms with E-state index in [-0.39, 0.29) is 23.4 Å². The van der Waals surface area contributed by atoms with Gasteiger partial charge in [0.15, 0.2) is 0 Å². The van der Waals surface area contributed by atoms with Gasteiger partial charge in [-0.1, -0.05) is 11.6 Å². The van der Waals surface area contributed by atoms with Crippen LogP contribution in [-0.2, 0) is 4.74 Å². The van der Waals surface area contributed by atoms with Crippen LogP contribution in [0.15, 0.2) is 18.2 Å². The van der Waals surface area contributed by atoms with Crippen LogP contribution in [-0.4, -0.2) is 17.6 Å². The highest BCUT2D eigenvalue weighted by Gasteiger charge is 2.25. The van der Waals surface area contributed by atoms with Crippen molar-refractivity contribution in [3.63, 3.8) is 0 Å². The van der Waals surface area contributed by atoms with Gasteiger partial charge in [-0.05, 0) is 17.7 Å². The molecule has 1 aliphatic heterocycles. The molecule has 0 aromatic heterocycles. The number of halogens is 1. The molecule has 1 fully saturated rings. The molecule has 7 heteroatoms. The van der Waals surface area contributed by atoms with Crippen molar-refractivity contribution in [2.24, 2.45) is 0 Å². The fourth-order valence-electron chi connectivity index (χ4n) is 1.45. The molecular weight excluding hydrogens is 236 g/mol. The predicted molar refractivity (Wildman–Crippen MR) is 55.3 cm³/mol. The molecule has 1 atom stereocenters. The number of carbonyl (C=O) groups excluding carboxylic acids is 1. The van der Waals surface area contributed by atoms with Gasteiger partial charge in [-0.3, -0.25) is 10.1 Å². The first-order valence-corrected chi connectivity index (χ1v) is 4.83. The second-order valence-corrected chi connectivity index (χ2v) is 3.67. The van der Waals surface area contributed by atoms with Crippen LogP contribution in [0.3, 0.4) is 0 Å². The number of nitro benzene ring substituents is 1. The number of alkyl carbamates (subject to hydrolysis) is 1. The zero-order valence-electron chi connectivity index (χ0n) is 7.97. The number of cyclic esters (lactones) is 1. The summed E-state index contributed by atoms with van der Waals surface area (Å²) in [6.45, 7) is 0.201. The Labute approximate surface area is 95.3 Å². The molecule has 1 N–H and O–H groups in total. The minimum absolute atomic E-state index is 0.0450. The number of nitro groups is 1. The lowest BCUT2D eigenvalue weighted by Crippen LogP contribution is -2.18. The van der Waals surface area contributed by atoms with Gasteiger partial charge in [0.1, 0.15) is 11.6 Å². The lowest BCUT2D eigenvalue weighted by molar-refractivity contribution is -0.384. The molecule has 1 aromatic carbocycles. The van der Waals surface area contributed by atoms with E-state index in [0.29, 0.717) is 5.56 Å². The van der Waals surface area contributed by atoms with Crippen LogP contribution >= 0.6 is 11.6 Å². The van der Waals surface area contributed by atoms with Crippen LogP contribution in [0.1, 0.15) is 11.6 Å². The third-order valence-electron chi connectivity index (χ3n) is 2.24. The first-order valence-electron chi connectivity index (χ1n) is 4.45.